The van der Waals surface area contributed by atoms with Crippen molar-refractivity contribution in [3.8, 4) is 0 Å². The largest absolute Gasteiger partial charge is 0.391 e. The summed E-state index contributed by atoms with van der Waals surface area (Å²) in [5.41, 5.74) is 1.04. The molecule has 22 heavy (non-hydrogen) atoms. The van der Waals surface area contributed by atoms with E-state index in [4.69, 9.17) is 23.2 Å². The molecule has 1 heterocycles. The summed E-state index contributed by atoms with van der Waals surface area (Å²) in [5.74, 6) is -0.466. The van der Waals surface area contributed by atoms with Gasteiger partial charge in [0.25, 0.3) is 5.91 Å². The van der Waals surface area contributed by atoms with Crippen LogP contribution in [0.4, 0.5) is 0 Å². The van der Waals surface area contributed by atoms with Crippen molar-refractivity contribution in [1.82, 2.24) is 10.3 Å². The lowest BCUT2D eigenvalue weighted by Crippen LogP contribution is -2.42. The van der Waals surface area contributed by atoms with Gasteiger partial charge in [-0.25, -0.2) is 4.98 Å². The molecule has 2 rings (SSSR count). The number of aromatic nitrogens is 1. The third-order valence-electron chi connectivity index (χ3n) is 3.25. The van der Waals surface area contributed by atoms with Crippen LogP contribution in [0.15, 0.2) is 42.5 Å². The molecule has 4 nitrogen and oxygen atoms in total. The maximum absolute atomic E-state index is 12.2. The number of aliphatic hydroxyl groups excluding tert-OH is 1. The highest BCUT2D eigenvalue weighted by Crippen LogP contribution is 2.17. The van der Waals surface area contributed by atoms with Crippen molar-refractivity contribution in [2.24, 2.45) is 0 Å². The van der Waals surface area contributed by atoms with Crippen molar-refractivity contribution in [3.05, 3.63) is 63.9 Å². The summed E-state index contributed by atoms with van der Waals surface area (Å²) in [6.45, 7) is 1.73. The second-order valence-electron chi connectivity index (χ2n) is 4.98. The maximum atomic E-state index is 12.2. The number of nitrogens with zero attached hydrogens (tertiary/aromatic N) is 1. The highest BCUT2D eigenvalue weighted by atomic mass is 35.5. The molecule has 1 aromatic heterocycles. The fourth-order valence-electron chi connectivity index (χ4n) is 1.98. The molecule has 1 aromatic carbocycles. The van der Waals surface area contributed by atoms with Gasteiger partial charge in [0, 0.05) is 6.42 Å². The van der Waals surface area contributed by atoms with Crippen LogP contribution in [0.5, 0.6) is 0 Å². The first-order valence-electron chi connectivity index (χ1n) is 6.82. The third kappa shape index (κ3) is 4.44. The summed E-state index contributed by atoms with van der Waals surface area (Å²) >= 11 is 11.7. The summed E-state index contributed by atoms with van der Waals surface area (Å²) in [6.07, 6.45) is -0.275. The Balaban J connectivity index is 2.00. The minimum atomic E-state index is -0.718. The second-order valence-corrected chi connectivity index (χ2v) is 5.78. The monoisotopic (exact) mass is 338 g/mol. The summed E-state index contributed by atoms with van der Waals surface area (Å²) in [6, 6.07) is 12.1. The topological polar surface area (TPSA) is 62.2 Å². The maximum Gasteiger partial charge on any atom is 0.271 e. The summed E-state index contributed by atoms with van der Waals surface area (Å²) in [5, 5.41) is 13.3. The van der Waals surface area contributed by atoms with Gasteiger partial charge >= 0.3 is 0 Å². The average molecular weight is 339 g/mol. The quantitative estimate of drug-likeness (QED) is 0.823. The molecule has 0 unspecified atom stereocenters. The van der Waals surface area contributed by atoms with Gasteiger partial charge < -0.3 is 10.4 Å². The van der Waals surface area contributed by atoms with E-state index in [1.54, 1.807) is 6.92 Å². The van der Waals surface area contributed by atoms with E-state index >= 15 is 0 Å². The summed E-state index contributed by atoms with van der Waals surface area (Å²) < 4.78 is 0. The van der Waals surface area contributed by atoms with Gasteiger partial charge in [0.05, 0.1) is 17.2 Å². The van der Waals surface area contributed by atoms with E-state index in [0.717, 1.165) is 5.56 Å². The van der Waals surface area contributed by atoms with Crippen LogP contribution in [0.2, 0.25) is 10.2 Å². The molecule has 0 saturated carbocycles. The number of benzene rings is 1. The number of pyridine rings is 1. The molecule has 0 aliphatic heterocycles. The van der Waals surface area contributed by atoms with E-state index in [1.165, 1.54) is 12.1 Å². The molecule has 0 aliphatic rings. The Kier molecular flexibility index (Phi) is 5.77. The predicted octanol–water partition coefficient (Wildman–Crippen LogP) is 3.11. The highest BCUT2D eigenvalue weighted by Gasteiger charge is 2.20. The summed E-state index contributed by atoms with van der Waals surface area (Å²) in [7, 11) is 0. The van der Waals surface area contributed by atoms with E-state index in [-0.39, 0.29) is 15.9 Å². The summed E-state index contributed by atoms with van der Waals surface area (Å²) in [4.78, 5) is 16.1. The van der Waals surface area contributed by atoms with Crippen molar-refractivity contribution < 1.29 is 9.90 Å². The number of hydrogen-bond acceptors (Lipinski definition) is 3. The van der Waals surface area contributed by atoms with E-state index in [9.17, 15) is 9.90 Å². The number of amides is 1. The zero-order valence-corrected chi connectivity index (χ0v) is 13.5. The molecule has 0 saturated heterocycles. The normalized spacial score (nSPS) is 13.5. The zero-order valence-electron chi connectivity index (χ0n) is 12.0. The Morgan fingerprint density at radius 3 is 2.59 bits per heavy atom. The molecule has 0 radical (unpaired) electrons. The van der Waals surface area contributed by atoms with Crippen LogP contribution in [0.25, 0.3) is 0 Å². The Labute approximate surface area is 139 Å². The lowest BCUT2D eigenvalue weighted by atomic mass is 10.0. The molecule has 0 spiro atoms. The molecule has 1 amide bonds. The van der Waals surface area contributed by atoms with Crippen LogP contribution in [-0.4, -0.2) is 28.1 Å². The fraction of sp³-hybridized carbons (Fsp3) is 0.250. The van der Waals surface area contributed by atoms with Crippen LogP contribution in [0.1, 0.15) is 23.0 Å². The molecule has 2 atom stereocenters. The van der Waals surface area contributed by atoms with Crippen molar-refractivity contribution in [1.29, 1.82) is 0 Å². The van der Waals surface area contributed by atoms with Crippen LogP contribution < -0.4 is 5.32 Å². The molecule has 116 valence electrons. The smallest absolute Gasteiger partial charge is 0.271 e. The zero-order chi connectivity index (χ0) is 16.1. The van der Waals surface area contributed by atoms with Gasteiger partial charge in [-0.05, 0) is 24.6 Å². The minimum Gasteiger partial charge on any atom is -0.391 e. The van der Waals surface area contributed by atoms with Gasteiger partial charge in [0.15, 0.2) is 0 Å². The van der Waals surface area contributed by atoms with Crippen LogP contribution in [-0.2, 0) is 6.42 Å². The standard InChI is InChI=1S/C16H16Cl2N2O2/c1-10(13(21)9-11-5-3-2-4-6-11)19-16(22)15-12(17)7-8-14(18)20-15/h2-8,10,13,21H,9H2,1H3,(H,19,22)/t10-,13+/m1/s1. The van der Waals surface area contributed by atoms with Crippen LogP contribution in [0.3, 0.4) is 0 Å². The number of aliphatic hydroxyl groups is 1. The SMILES string of the molecule is C[C@@H](NC(=O)c1nc(Cl)ccc1Cl)[C@@H](O)Cc1ccccc1. The third-order valence-corrected chi connectivity index (χ3v) is 3.77. The Morgan fingerprint density at radius 2 is 1.91 bits per heavy atom. The molecule has 0 aliphatic carbocycles. The van der Waals surface area contributed by atoms with Crippen molar-refractivity contribution in [3.63, 3.8) is 0 Å². The van der Waals surface area contributed by atoms with Gasteiger partial charge in [-0.3, -0.25) is 4.79 Å². The number of hydrogen-bond donors (Lipinski definition) is 2. The molecular weight excluding hydrogens is 323 g/mol. The Bertz CT molecular complexity index is 650. The van der Waals surface area contributed by atoms with E-state index in [1.807, 2.05) is 30.3 Å². The molecule has 2 N–H and O–H groups in total. The molecule has 0 bridgehead atoms. The first-order valence-corrected chi connectivity index (χ1v) is 7.58. The first-order chi connectivity index (χ1) is 10.5. The lowest BCUT2D eigenvalue weighted by Gasteiger charge is -2.20. The van der Waals surface area contributed by atoms with Crippen molar-refractivity contribution in [2.75, 3.05) is 0 Å². The van der Waals surface area contributed by atoms with E-state index in [2.05, 4.69) is 10.3 Å². The number of rotatable bonds is 5. The lowest BCUT2D eigenvalue weighted by molar-refractivity contribution is 0.0847. The highest BCUT2D eigenvalue weighted by molar-refractivity contribution is 6.34. The van der Waals surface area contributed by atoms with Crippen LogP contribution in [0, 0.1) is 0 Å². The second kappa shape index (κ2) is 7.58. The first kappa shape index (κ1) is 16.7. The Morgan fingerprint density at radius 1 is 1.23 bits per heavy atom. The van der Waals surface area contributed by atoms with Gasteiger partial charge in [-0.2, -0.15) is 0 Å². The van der Waals surface area contributed by atoms with Gasteiger partial charge in [0.2, 0.25) is 0 Å². The minimum absolute atomic E-state index is 0.0490. The van der Waals surface area contributed by atoms with Crippen molar-refractivity contribution >= 4 is 29.1 Å². The number of halogens is 2. The van der Waals surface area contributed by atoms with E-state index < -0.39 is 18.1 Å². The van der Waals surface area contributed by atoms with Crippen LogP contribution >= 0.6 is 23.2 Å². The molecule has 6 heteroatoms. The predicted molar refractivity (Wildman–Crippen MR) is 87.3 cm³/mol. The Hall–Kier alpha value is -1.62. The van der Waals surface area contributed by atoms with E-state index in [0.29, 0.717) is 6.42 Å². The molecular formula is C16H16Cl2N2O2. The van der Waals surface area contributed by atoms with Gasteiger partial charge in [-0.1, -0.05) is 53.5 Å². The average Bonchev–Trinajstić information content (AvgIpc) is 2.50. The van der Waals surface area contributed by atoms with Gasteiger partial charge in [-0.15, -0.1) is 0 Å². The number of carbonyl (C=O) groups is 1. The van der Waals surface area contributed by atoms with Crippen molar-refractivity contribution in [2.45, 2.75) is 25.5 Å². The van der Waals surface area contributed by atoms with Gasteiger partial charge in [0.1, 0.15) is 10.8 Å². The fourth-order valence-corrected chi connectivity index (χ4v) is 2.32. The molecule has 0 fully saturated rings. The molecule has 2 aromatic rings. The number of carbonyl (C=O) groups excluding carboxylic acids is 1. The number of nitrogens with one attached hydrogen (secondary N) is 1.